The summed E-state index contributed by atoms with van der Waals surface area (Å²) >= 11 is 1.52. The maximum atomic E-state index is 11.7. The van der Waals surface area contributed by atoms with Crippen molar-refractivity contribution in [3.05, 3.63) is 12.2 Å². The fourth-order valence-electron chi connectivity index (χ4n) is 1.69. The molecule has 1 atom stereocenters. The van der Waals surface area contributed by atoms with E-state index in [9.17, 15) is 4.79 Å². The number of nitrogens with one attached hydrogen (secondary N) is 1. The van der Waals surface area contributed by atoms with E-state index < -0.39 is 0 Å². The molecule has 0 fully saturated rings. The number of aryl methyl sites for hydroxylation is 1. The van der Waals surface area contributed by atoms with Crippen LogP contribution in [0.25, 0.3) is 0 Å². The summed E-state index contributed by atoms with van der Waals surface area (Å²) in [6.07, 6.45) is 4.30. The van der Waals surface area contributed by atoms with Crippen molar-refractivity contribution in [2.24, 2.45) is 13.0 Å². The average Bonchev–Trinajstić information content (AvgIpc) is 2.63. The van der Waals surface area contributed by atoms with E-state index in [0.29, 0.717) is 11.7 Å². The first-order valence-electron chi connectivity index (χ1n) is 5.66. The van der Waals surface area contributed by atoms with E-state index in [2.05, 4.69) is 29.2 Å². The quantitative estimate of drug-likeness (QED) is 0.835. The number of hydrogen-bond acceptors (Lipinski definition) is 4. The van der Waals surface area contributed by atoms with Gasteiger partial charge in [0.05, 0.1) is 11.8 Å². The van der Waals surface area contributed by atoms with Gasteiger partial charge in [-0.3, -0.25) is 9.48 Å². The van der Waals surface area contributed by atoms with Crippen LogP contribution < -0.4 is 5.32 Å². The fraction of sp³-hybridized carbons (Fsp3) is 0.727. The summed E-state index contributed by atoms with van der Waals surface area (Å²) in [7, 11) is 1.84. The van der Waals surface area contributed by atoms with Crippen molar-refractivity contribution in [3.63, 3.8) is 0 Å². The summed E-state index contributed by atoms with van der Waals surface area (Å²) in [6.45, 7) is 4.26. The molecule has 5 nitrogen and oxygen atoms in total. The van der Waals surface area contributed by atoms with E-state index in [4.69, 9.17) is 0 Å². The normalized spacial score (nSPS) is 12.8. The first-order valence-corrected chi connectivity index (χ1v) is 7.06. The second-order valence-electron chi connectivity index (χ2n) is 4.42. The van der Waals surface area contributed by atoms with E-state index in [1.54, 1.807) is 4.68 Å². The lowest BCUT2D eigenvalue weighted by atomic mass is 10.0. The minimum Gasteiger partial charge on any atom is -0.345 e. The molecular formula is C11H20N4OS. The highest BCUT2D eigenvalue weighted by Gasteiger charge is 2.19. The SMILES string of the molecule is CSCC(=O)NC(CC(C)C)c1ncnn1C. The van der Waals surface area contributed by atoms with Crippen LogP contribution in [-0.2, 0) is 11.8 Å². The van der Waals surface area contributed by atoms with Crippen LogP contribution in [-0.4, -0.2) is 32.7 Å². The van der Waals surface area contributed by atoms with Gasteiger partial charge >= 0.3 is 0 Å². The summed E-state index contributed by atoms with van der Waals surface area (Å²) in [5, 5.41) is 7.06. The number of aromatic nitrogens is 3. The maximum absolute atomic E-state index is 11.7. The van der Waals surface area contributed by atoms with E-state index >= 15 is 0 Å². The molecule has 0 radical (unpaired) electrons. The molecule has 0 aliphatic rings. The zero-order valence-electron chi connectivity index (χ0n) is 10.8. The zero-order chi connectivity index (χ0) is 12.8. The van der Waals surface area contributed by atoms with Crippen LogP contribution in [0.1, 0.15) is 32.1 Å². The van der Waals surface area contributed by atoms with Crippen LogP contribution in [0.2, 0.25) is 0 Å². The van der Waals surface area contributed by atoms with Gasteiger partial charge in [-0.25, -0.2) is 4.98 Å². The van der Waals surface area contributed by atoms with Crippen molar-refractivity contribution in [3.8, 4) is 0 Å². The molecule has 1 aromatic rings. The van der Waals surface area contributed by atoms with Gasteiger partial charge < -0.3 is 5.32 Å². The van der Waals surface area contributed by atoms with Crippen LogP contribution in [0.3, 0.4) is 0 Å². The molecule has 1 rings (SSSR count). The van der Waals surface area contributed by atoms with Crippen molar-refractivity contribution in [1.29, 1.82) is 0 Å². The smallest absolute Gasteiger partial charge is 0.230 e. The number of thioether (sulfide) groups is 1. The third-order valence-corrected chi connectivity index (χ3v) is 2.93. The minimum atomic E-state index is -0.0536. The van der Waals surface area contributed by atoms with E-state index in [-0.39, 0.29) is 11.9 Å². The van der Waals surface area contributed by atoms with Gasteiger partial charge in [0.2, 0.25) is 5.91 Å². The molecule has 1 amide bonds. The van der Waals surface area contributed by atoms with Crippen LogP contribution in [0, 0.1) is 5.92 Å². The molecule has 0 spiro atoms. The molecule has 0 bridgehead atoms. The molecule has 0 saturated heterocycles. The van der Waals surface area contributed by atoms with E-state index in [1.165, 1.54) is 18.1 Å². The molecule has 6 heteroatoms. The molecule has 1 N–H and O–H groups in total. The summed E-state index contributed by atoms with van der Waals surface area (Å²) in [4.78, 5) is 15.9. The lowest BCUT2D eigenvalue weighted by Gasteiger charge is -2.19. The number of carbonyl (C=O) groups excluding carboxylic acids is 1. The van der Waals surface area contributed by atoms with Crippen molar-refractivity contribution < 1.29 is 4.79 Å². The molecule has 0 aliphatic heterocycles. The Morgan fingerprint density at radius 3 is 2.76 bits per heavy atom. The molecule has 0 aliphatic carbocycles. The Balaban J connectivity index is 2.74. The summed E-state index contributed by atoms with van der Waals surface area (Å²) < 4.78 is 1.71. The van der Waals surface area contributed by atoms with Gasteiger partial charge in [-0.2, -0.15) is 16.9 Å². The van der Waals surface area contributed by atoms with Gasteiger partial charge in [-0.05, 0) is 18.6 Å². The molecule has 1 aromatic heterocycles. The first-order chi connectivity index (χ1) is 8.04. The molecular weight excluding hydrogens is 236 g/mol. The van der Waals surface area contributed by atoms with Gasteiger partial charge in [0, 0.05) is 7.05 Å². The van der Waals surface area contributed by atoms with Gasteiger partial charge in [0.15, 0.2) is 0 Å². The third kappa shape index (κ3) is 4.38. The highest BCUT2D eigenvalue weighted by molar-refractivity contribution is 7.99. The monoisotopic (exact) mass is 256 g/mol. The Labute approximate surface area is 106 Å². The van der Waals surface area contributed by atoms with Gasteiger partial charge in [0.25, 0.3) is 0 Å². The van der Waals surface area contributed by atoms with E-state index in [1.807, 2.05) is 13.3 Å². The number of nitrogens with zero attached hydrogens (tertiary/aromatic N) is 3. The van der Waals surface area contributed by atoms with Gasteiger partial charge in [0.1, 0.15) is 12.2 Å². The lowest BCUT2D eigenvalue weighted by molar-refractivity contribution is -0.119. The Bertz CT molecular complexity index is 364. The molecule has 1 unspecified atom stereocenters. The standard InChI is InChI=1S/C11H20N4OS/c1-8(2)5-9(14-10(16)6-17-4)11-12-7-13-15(11)3/h7-9H,5-6H2,1-4H3,(H,14,16). The summed E-state index contributed by atoms with van der Waals surface area (Å²) in [5.74, 6) is 1.83. The van der Waals surface area contributed by atoms with Crippen molar-refractivity contribution in [2.45, 2.75) is 26.3 Å². The number of carbonyl (C=O) groups is 1. The van der Waals surface area contributed by atoms with Crippen molar-refractivity contribution in [1.82, 2.24) is 20.1 Å². The lowest BCUT2D eigenvalue weighted by Crippen LogP contribution is -2.32. The summed E-state index contributed by atoms with van der Waals surface area (Å²) in [5.41, 5.74) is 0. The number of hydrogen-bond donors (Lipinski definition) is 1. The zero-order valence-corrected chi connectivity index (χ0v) is 11.6. The second kappa shape index (κ2) is 6.64. The second-order valence-corrected chi connectivity index (χ2v) is 5.29. The fourth-order valence-corrected chi connectivity index (χ4v) is 2.03. The molecule has 96 valence electrons. The average molecular weight is 256 g/mol. The molecule has 17 heavy (non-hydrogen) atoms. The highest BCUT2D eigenvalue weighted by atomic mass is 32.2. The minimum absolute atomic E-state index is 0.0474. The highest BCUT2D eigenvalue weighted by Crippen LogP contribution is 2.18. The van der Waals surface area contributed by atoms with Crippen molar-refractivity contribution in [2.75, 3.05) is 12.0 Å². The predicted molar refractivity (Wildman–Crippen MR) is 69.7 cm³/mol. The maximum Gasteiger partial charge on any atom is 0.230 e. The van der Waals surface area contributed by atoms with E-state index in [0.717, 1.165) is 12.2 Å². The first kappa shape index (κ1) is 14.0. The van der Waals surface area contributed by atoms with Crippen molar-refractivity contribution >= 4 is 17.7 Å². The number of amides is 1. The topological polar surface area (TPSA) is 59.8 Å². The Hall–Kier alpha value is -1.04. The van der Waals surface area contributed by atoms with Crippen LogP contribution in [0.5, 0.6) is 0 Å². The van der Waals surface area contributed by atoms with Gasteiger partial charge in [-0.1, -0.05) is 13.8 Å². The molecule has 0 aromatic carbocycles. The predicted octanol–water partition coefficient (Wildman–Crippen LogP) is 1.38. The van der Waals surface area contributed by atoms with Crippen LogP contribution in [0.4, 0.5) is 0 Å². The largest absolute Gasteiger partial charge is 0.345 e. The summed E-state index contributed by atoms with van der Waals surface area (Å²) in [6, 6.07) is -0.0536. The van der Waals surface area contributed by atoms with Gasteiger partial charge in [-0.15, -0.1) is 0 Å². The third-order valence-electron chi connectivity index (χ3n) is 2.38. The molecule has 0 saturated carbocycles. The number of rotatable bonds is 6. The molecule has 1 heterocycles. The van der Waals surface area contributed by atoms with Crippen LogP contribution >= 0.6 is 11.8 Å². The van der Waals surface area contributed by atoms with Crippen LogP contribution in [0.15, 0.2) is 6.33 Å². The Morgan fingerprint density at radius 1 is 1.59 bits per heavy atom. The Morgan fingerprint density at radius 2 is 2.29 bits per heavy atom. The Kier molecular flexibility index (Phi) is 5.47.